The molecule has 0 saturated carbocycles. The van der Waals surface area contributed by atoms with Crippen LogP contribution in [0.2, 0.25) is 0 Å². The summed E-state index contributed by atoms with van der Waals surface area (Å²) in [6.07, 6.45) is 0.162. The summed E-state index contributed by atoms with van der Waals surface area (Å²) in [4.78, 5) is 11.5. The van der Waals surface area contributed by atoms with Gasteiger partial charge in [0.05, 0.1) is 23.8 Å². The molecular formula is C13H14FNO2. The Balaban J connectivity index is 2.50. The summed E-state index contributed by atoms with van der Waals surface area (Å²) in [7, 11) is 0. The van der Waals surface area contributed by atoms with Crippen LogP contribution < -0.4 is 0 Å². The molecular weight excluding hydrogens is 221 g/mol. The Morgan fingerprint density at radius 1 is 1.41 bits per heavy atom. The van der Waals surface area contributed by atoms with E-state index in [4.69, 9.17) is 10.00 Å². The van der Waals surface area contributed by atoms with E-state index >= 15 is 0 Å². The summed E-state index contributed by atoms with van der Waals surface area (Å²) in [5.74, 6) is -0.501. The second-order valence-corrected chi connectivity index (χ2v) is 4.29. The van der Waals surface area contributed by atoms with Gasteiger partial charge < -0.3 is 4.74 Å². The van der Waals surface area contributed by atoms with Gasteiger partial charge in [-0.15, -0.1) is 0 Å². The number of benzene rings is 1. The summed E-state index contributed by atoms with van der Waals surface area (Å²) in [5, 5.41) is 8.59. The monoisotopic (exact) mass is 235 g/mol. The Bertz CT molecular complexity index is 426. The largest absolute Gasteiger partial charge is 0.462 e. The topological polar surface area (TPSA) is 50.1 Å². The molecule has 1 aromatic carbocycles. The van der Waals surface area contributed by atoms with E-state index in [2.05, 4.69) is 0 Å². The van der Waals surface area contributed by atoms with Gasteiger partial charge in [0.2, 0.25) is 0 Å². The van der Waals surface area contributed by atoms with E-state index < -0.39 is 11.6 Å². The van der Waals surface area contributed by atoms with Crippen LogP contribution in [-0.4, -0.2) is 18.2 Å². The molecule has 0 unspecified atom stereocenters. The lowest BCUT2D eigenvalue weighted by Gasteiger charge is -2.13. The Morgan fingerprint density at radius 3 is 2.47 bits per heavy atom. The molecule has 0 N–H and O–H groups in total. The number of carbonyl (C=O) groups is 1. The maximum absolute atomic E-state index is 13.1. The van der Waals surface area contributed by atoms with Gasteiger partial charge in [-0.2, -0.15) is 5.26 Å². The highest BCUT2D eigenvalue weighted by atomic mass is 19.1. The predicted molar refractivity (Wildman–Crippen MR) is 61.2 cm³/mol. The molecule has 0 aliphatic carbocycles. The van der Waals surface area contributed by atoms with Crippen LogP contribution in [0.25, 0.3) is 0 Å². The molecule has 0 radical (unpaired) electrons. The molecule has 3 nitrogen and oxygen atoms in total. The standard InChI is InChI=1S/C13H14FNO2/c1-13(2,14)7-8-17-12(16)11-5-3-10(9-15)4-6-11/h3-6H,7-8H2,1-2H3. The zero-order chi connectivity index (χ0) is 12.9. The van der Waals surface area contributed by atoms with Crippen LogP contribution in [0.1, 0.15) is 36.2 Å². The molecule has 17 heavy (non-hydrogen) atoms. The molecule has 0 amide bonds. The quantitative estimate of drug-likeness (QED) is 0.754. The lowest BCUT2D eigenvalue weighted by molar-refractivity contribution is 0.0432. The number of nitriles is 1. The zero-order valence-corrected chi connectivity index (χ0v) is 9.87. The first-order valence-electron chi connectivity index (χ1n) is 5.28. The number of hydrogen-bond acceptors (Lipinski definition) is 3. The SMILES string of the molecule is CC(C)(F)CCOC(=O)c1ccc(C#N)cc1. The molecule has 1 aromatic rings. The third-order valence-electron chi connectivity index (χ3n) is 2.18. The number of alkyl halides is 1. The fourth-order valence-corrected chi connectivity index (χ4v) is 1.15. The molecule has 0 bridgehead atoms. The number of hydrogen-bond donors (Lipinski definition) is 0. The third-order valence-corrected chi connectivity index (χ3v) is 2.18. The van der Waals surface area contributed by atoms with Crippen LogP contribution in [0.5, 0.6) is 0 Å². The number of esters is 1. The molecule has 0 aliphatic heterocycles. The molecule has 90 valence electrons. The van der Waals surface area contributed by atoms with E-state index in [0.717, 1.165) is 0 Å². The van der Waals surface area contributed by atoms with Crippen LogP contribution in [0, 0.1) is 11.3 Å². The van der Waals surface area contributed by atoms with Crippen molar-refractivity contribution < 1.29 is 13.9 Å². The molecule has 0 aliphatic rings. The van der Waals surface area contributed by atoms with E-state index in [9.17, 15) is 9.18 Å². The minimum atomic E-state index is -1.34. The maximum atomic E-state index is 13.1. The van der Waals surface area contributed by atoms with Crippen molar-refractivity contribution in [3.63, 3.8) is 0 Å². The fourth-order valence-electron chi connectivity index (χ4n) is 1.15. The van der Waals surface area contributed by atoms with Gasteiger partial charge in [-0.05, 0) is 38.1 Å². The van der Waals surface area contributed by atoms with E-state index in [1.165, 1.54) is 38.1 Å². The molecule has 0 saturated heterocycles. The summed E-state index contributed by atoms with van der Waals surface area (Å²) in [6.45, 7) is 2.91. The normalized spacial score (nSPS) is 10.7. The van der Waals surface area contributed by atoms with E-state index in [1.807, 2.05) is 6.07 Å². The molecule has 4 heteroatoms. The average Bonchev–Trinajstić information content (AvgIpc) is 2.27. The van der Waals surface area contributed by atoms with Gasteiger partial charge in [-0.3, -0.25) is 0 Å². The van der Waals surface area contributed by atoms with Crippen molar-refractivity contribution in [2.24, 2.45) is 0 Å². The van der Waals surface area contributed by atoms with E-state index in [0.29, 0.717) is 11.1 Å². The first kappa shape index (κ1) is 13.2. The fraction of sp³-hybridized carbons (Fsp3) is 0.385. The molecule has 1 rings (SSSR count). The molecule has 0 fully saturated rings. The van der Waals surface area contributed by atoms with Crippen LogP contribution in [0.15, 0.2) is 24.3 Å². The van der Waals surface area contributed by atoms with E-state index in [1.54, 1.807) is 0 Å². The van der Waals surface area contributed by atoms with Gasteiger partial charge in [-0.1, -0.05) is 0 Å². The lowest BCUT2D eigenvalue weighted by Crippen LogP contribution is -2.17. The number of carbonyl (C=O) groups excluding carboxylic acids is 1. The summed E-state index contributed by atoms with van der Waals surface area (Å²) in [6, 6.07) is 8.06. The first-order valence-corrected chi connectivity index (χ1v) is 5.28. The van der Waals surface area contributed by atoms with Crippen LogP contribution in [-0.2, 0) is 4.74 Å². The third kappa shape index (κ3) is 4.64. The molecule has 0 atom stereocenters. The van der Waals surface area contributed by atoms with Gasteiger partial charge >= 0.3 is 5.97 Å². The van der Waals surface area contributed by atoms with Crippen molar-refractivity contribution >= 4 is 5.97 Å². The lowest BCUT2D eigenvalue weighted by atomic mass is 10.1. The van der Waals surface area contributed by atoms with Crippen LogP contribution in [0.3, 0.4) is 0 Å². The van der Waals surface area contributed by atoms with Crippen LogP contribution >= 0.6 is 0 Å². The van der Waals surface area contributed by atoms with Crippen molar-refractivity contribution in [1.29, 1.82) is 5.26 Å². The first-order chi connectivity index (χ1) is 7.92. The Morgan fingerprint density at radius 2 is 2.00 bits per heavy atom. The molecule has 0 aromatic heterocycles. The Labute approximate surface area is 99.8 Å². The summed E-state index contributed by atoms with van der Waals surface area (Å²) < 4.78 is 18.0. The Kier molecular flexibility index (Phi) is 4.22. The zero-order valence-electron chi connectivity index (χ0n) is 9.87. The second-order valence-electron chi connectivity index (χ2n) is 4.29. The minimum absolute atomic E-state index is 0.0440. The van der Waals surface area contributed by atoms with Crippen LogP contribution in [0.4, 0.5) is 4.39 Å². The predicted octanol–water partition coefficient (Wildman–Crippen LogP) is 2.85. The van der Waals surface area contributed by atoms with Crippen molar-refractivity contribution in [2.45, 2.75) is 25.9 Å². The van der Waals surface area contributed by atoms with Crippen molar-refractivity contribution in [3.8, 4) is 6.07 Å². The number of nitrogens with zero attached hydrogens (tertiary/aromatic N) is 1. The van der Waals surface area contributed by atoms with Gasteiger partial charge in [0.1, 0.15) is 5.67 Å². The highest BCUT2D eigenvalue weighted by molar-refractivity contribution is 5.89. The highest BCUT2D eigenvalue weighted by Crippen LogP contribution is 2.14. The number of rotatable bonds is 4. The van der Waals surface area contributed by atoms with Gasteiger partial charge in [0, 0.05) is 6.42 Å². The summed E-state index contributed by atoms with van der Waals surface area (Å²) >= 11 is 0. The second kappa shape index (κ2) is 5.44. The van der Waals surface area contributed by atoms with Gasteiger partial charge in [-0.25, -0.2) is 9.18 Å². The molecule has 0 heterocycles. The van der Waals surface area contributed by atoms with E-state index in [-0.39, 0.29) is 13.0 Å². The molecule has 0 spiro atoms. The minimum Gasteiger partial charge on any atom is -0.462 e. The number of halogens is 1. The van der Waals surface area contributed by atoms with Gasteiger partial charge in [0.15, 0.2) is 0 Å². The maximum Gasteiger partial charge on any atom is 0.338 e. The number of ether oxygens (including phenoxy) is 1. The average molecular weight is 235 g/mol. The van der Waals surface area contributed by atoms with Crippen molar-refractivity contribution in [1.82, 2.24) is 0 Å². The van der Waals surface area contributed by atoms with Crippen molar-refractivity contribution in [2.75, 3.05) is 6.61 Å². The van der Waals surface area contributed by atoms with Gasteiger partial charge in [0.25, 0.3) is 0 Å². The Hall–Kier alpha value is -1.89. The smallest absolute Gasteiger partial charge is 0.338 e. The highest BCUT2D eigenvalue weighted by Gasteiger charge is 2.16. The van der Waals surface area contributed by atoms with Crippen molar-refractivity contribution in [3.05, 3.63) is 35.4 Å². The summed E-state index contributed by atoms with van der Waals surface area (Å²) in [5.41, 5.74) is -0.502.